The minimum absolute atomic E-state index is 0.0919. The number of hydrogen-bond acceptors (Lipinski definition) is 11. The van der Waals surface area contributed by atoms with Crippen LogP contribution in [0.1, 0.15) is 75.2 Å². The largest absolute Gasteiger partial charge is 0.428 e. The number of carbonyl (C=O) groups excluding carboxylic acids is 2. The van der Waals surface area contributed by atoms with Crippen LogP contribution in [-0.2, 0) is 14.3 Å². The number of amides is 1. The fourth-order valence-electron chi connectivity index (χ4n) is 4.71. The number of allylic oxidation sites excluding steroid dienone is 1. The number of nitriles is 2. The lowest BCUT2D eigenvalue weighted by atomic mass is 9.96. The van der Waals surface area contributed by atoms with E-state index in [0.717, 1.165) is 13.0 Å². The molecule has 3 heterocycles. The fraction of sp³-hybridized carbons (Fsp3) is 0.333. The molecule has 4 aromatic rings. The number of nitrogens with zero attached hydrogens (tertiary/aromatic N) is 8. The molecular weight excluding hydrogens is 605 g/mol. The molecule has 1 N–H and O–H groups in total. The predicted molar refractivity (Wildman–Crippen MR) is 171 cm³/mol. The Morgan fingerprint density at radius 3 is 2.51 bits per heavy atom. The molecule has 1 atom stereocenters. The number of halogens is 1. The smallest absolute Gasteiger partial charge is 0.418 e. The molecule has 0 bridgehead atoms. The molecule has 0 aliphatic heterocycles. The van der Waals surface area contributed by atoms with Gasteiger partial charge < -0.3 is 14.8 Å². The van der Waals surface area contributed by atoms with Crippen LogP contribution in [0.5, 0.6) is 0 Å². The van der Waals surface area contributed by atoms with Gasteiger partial charge >= 0.3 is 12.1 Å². The fourth-order valence-corrected chi connectivity index (χ4v) is 4.71. The Hall–Kier alpha value is -5.89. The highest BCUT2D eigenvalue weighted by Gasteiger charge is 2.35. The number of pyridine rings is 2. The van der Waals surface area contributed by atoms with Crippen LogP contribution in [0.25, 0.3) is 16.6 Å². The minimum Gasteiger partial charge on any atom is -0.428 e. The van der Waals surface area contributed by atoms with E-state index in [2.05, 4.69) is 44.3 Å². The molecule has 47 heavy (non-hydrogen) atoms. The lowest BCUT2D eigenvalue weighted by Crippen LogP contribution is -2.37. The topological polar surface area (TPSA) is 172 Å². The Labute approximate surface area is 271 Å². The van der Waals surface area contributed by atoms with Crippen LogP contribution >= 0.6 is 0 Å². The molecule has 4 rings (SSSR count). The summed E-state index contributed by atoms with van der Waals surface area (Å²) in [5.74, 6) is -1.42. The van der Waals surface area contributed by atoms with Crippen LogP contribution in [-0.4, -0.2) is 50.4 Å². The van der Waals surface area contributed by atoms with E-state index in [1.807, 2.05) is 27.7 Å². The second-order valence-electron chi connectivity index (χ2n) is 11.8. The molecule has 0 unspecified atom stereocenters. The van der Waals surface area contributed by atoms with Crippen LogP contribution in [0.3, 0.4) is 0 Å². The molecule has 0 aliphatic carbocycles. The molecule has 14 heteroatoms. The van der Waals surface area contributed by atoms with E-state index < -0.39 is 30.8 Å². The van der Waals surface area contributed by atoms with Gasteiger partial charge in [-0.05, 0) is 37.0 Å². The van der Waals surface area contributed by atoms with Gasteiger partial charge in [0.2, 0.25) is 12.7 Å². The van der Waals surface area contributed by atoms with Crippen molar-refractivity contribution in [2.75, 3.05) is 23.6 Å². The van der Waals surface area contributed by atoms with Gasteiger partial charge in [0.15, 0.2) is 0 Å². The normalized spacial score (nSPS) is 11.7. The van der Waals surface area contributed by atoms with Crippen molar-refractivity contribution in [1.82, 2.24) is 25.0 Å². The third kappa shape index (κ3) is 7.68. The summed E-state index contributed by atoms with van der Waals surface area (Å²) in [7, 11) is 0. The molecule has 13 nitrogen and oxygen atoms in total. The first-order chi connectivity index (χ1) is 22.3. The van der Waals surface area contributed by atoms with Crippen molar-refractivity contribution in [3.63, 3.8) is 0 Å². The number of aryl methyl sites for hydroxylation is 1. The van der Waals surface area contributed by atoms with Crippen LogP contribution in [0.15, 0.2) is 43.2 Å². The lowest BCUT2D eigenvalue weighted by Gasteiger charge is -2.31. The zero-order valence-corrected chi connectivity index (χ0v) is 27.0. The number of fused-ring (bicyclic) bond motifs is 1. The second-order valence-corrected chi connectivity index (χ2v) is 11.8. The average Bonchev–Trinajstić information content (AvgIpc) is 3.51. The number of aromatic nitrogens is 5. The molecule has 0 saturated carbocycles. The maximum absolute atomic E-state index is 14.3. The van der Waals surface area contributed by atoms with Crippen molar-refractivity contribution in [2.45, 2.75) is 54.0 Å². The van der Waals surface area contributed by atoms with Crippen molar-refractivity contribution in [1.29, 1.82) is 10.5 Å². The third-order valence-electron chi connectivity index (χ3n) is 7.08. The van der Waals surface area contributed by atoms with Crippen molar-refractivity contribution < 1.29 is 23.5 Å². The Morgan fingerprint density at radius 2 is 1.89 bits per heavy atom. The minimum atomic E-state index is -1.14. The van der Waals surface area contributed by atoms with Gasteiger partial charge in [-0.15, -0.1) is 5.10 Å². The van der Waals surface area contributed by atoms with Gasteiger partial charge in [-0.2, -0.15) is 14.9 Å². The molecule has 0 radical (unpaired) electrons. The SMILES string of the molecule is C=C(CC)n1cc([C@H](c2ccc(F)nc2C)N(C(=O)OCOC(C)=O)c2cc(C#N)c3ncc(C#N)c(NCC(C)(C)C)c3c2)nn1. The summed E-state index contributed by atoms with van der Waals surface area (Å²) >= 11 is 0. The standard InChI is InChI=1S/C33H34FN9O4/c1-8-19(2)42-16-27(40-41-42)31(25-9-10-28(34)39-20(25)3)43(32(45)47-18-46-21(4)44)24-11-22(13-35)29-26(12-24)30(23(14-36)15-37-29)38-17-33(5,6)7/h9-12,15-16,31H,2,8,17-18H2,1,3-7H3,(H,37,38)/t31-/m0/s1. The van der Waals surface area contributed by atoms with Gasteiger partial charge in [0.25, 0.3) is 0 Å². The zero-order chi connectivity index (χ0) is 34.5. The van der Waals surface area contributed by atoms with Crippen molar-refractivity contribution in [2.24, 2.45) is 5.41 Å². The molecule has 0 aliphatic rings. The molecule has 1 amide bonds. The van der Waals surface area contributed by atoms with Gasteiger partial charge in [0.1, 0.15) is 23.9 Å². The number of hydrogen-bond donors (Lipinski definition) is 1. The Morgan fingerprint density at radius 1 is 1.17 bits per heavy atom. The van der Waals surface area contributed by atoms with Crippen LogP contribution < -0.4 is 10.2 Å². The van der Waals surface area contributed by atoms with Crippen molar-refractivity contribution in [3.05, 3.63) is 77.3 Å². The Bertz CT molecular complexity index is 1940. The second kappa shape index (κ2) is 14.0. The van der Waals surface area contributed by atoms with Gasteiger partial charge in [0.05, 0.1) is 34.2 Å². The summed E-state index contributed by atoms with van der Waals surface area (Å²) in [6, 6.07) is 8.77. The van der Waals surface area contributed by atoms with E-state index >= 15 is 0 Å². The summed E-state index contributed by atoms with van der Waals surface area (Å²) in [5, 5.41) is 32.4. The van der Waals surface area contributed by atoms with E-state index in [0.29, 0.717) is 40.8 Å². The van der Waals surface area contributed by atoms with E-state index in [9.17, 15) is 24.5 Å². The maximum atomic E-state index is 14.3. The first-order valence-corrected chi connectivity index (χ1v) is 14.6. The van der Waals surface area contributed by atoms with Crippen LogP contribution in [0.4, 0.5) is 20.6 Å². The summed E-state index contributed by atoms with van der Waals surface area (Å²) in [5.41, 5.74) is 2.42. The first-order valence-electron chi connectivity index (χ1n) is 14.6. The van der Waals surface area contributed by atoms with Gasteiger partial charge in [-0.25, -0.2) is 14.5 Å². The lowest BCUT2D eigenvalue weighted by molar-refractivity contribution is -0.148. The van der Waals surface area contributed by atoms with Gasteiger partial charge in [-0.1, -0.05) is 45.6 Å². The summed E-state index contributed by atoms with van der Waals surface area (Å²) < 4.78 is 26.0. The van der Waals surface area contributed by atoms with Crippen molar-refractivity contribution >= 4 is 40.0 Å². The van der Waals surface area contributed by atoms with E-state index in [4.69, 9.17) is 9.47 Å². The average molecular weight is 640 g/mol. The predicted octanol–water partition coefficient (Wildman–Crippen LogP) is 6.00. The number of carbonyl (C=O) groups is 2. The van der Waals surface area contributed by atoms with Crippen molar-refractivity contribution in [3.8, 4) is 12.1 Å². The van der Waals surface area contributed by atoms with E-state index in [-0.39, 0.29) is 33.6 Å². The number of rotatable bonds is 10. The number of esters is 1. The number of ether oxygens (including phenoxy) is 2. The summed E-state index contributed by atoms with van der Waals surface area (Å²) in [6.07, 6.45) is 2.51. The molecule has 1 aromatic carbocycles. The molecule has 0 spiro atoms. The van der Waals surface area contributed by atoms with E-state index in [1.165, 1.54) is 27.9 Å². The molecular formula is C33H34FN9O4. The van der Waals surface area contributed by atoms with E-state index in [1.54, 1.807) is 19.2 Å². The Balaban J connectivity index is 2.05. The highest BCUT2D eigenvalue weighted by molar-refractivity contribution is 6.01. The third-order valence-corrected chi connectivity index (χ3v) is 7.08. The molecule has 3 aromatic heterocycles. The number of nitrogens with one attached hydrogen (secondary N) is 1. The van der Waals surface area contributed by atoms with Gasteiger partial charge in [0, 0.05) is 42.0 Å². The molecule has 0 fully saturated rings. The highest BCUT2D eigenvalue weighted by atomic mass is 19.1. The maximum Gasteiger partial charge on any atom is 0.418 e. The van der Waals surface area contributed by atoms with Crippen LogP contribution in [0, 0.1) is 40.9 Å². The zero-order valence-electron chi connectivity index (χ0n) is 27.0. The quantitative estimate of drug-likeness (QED) is 0.122. The number of anilines is 2. The highest BCUT2D eigenvalue weighted by Crippen LogP contribution is 2.39. The Kier molecular flexibility index (Phi) is 10.2. The van der Waals surface area contributed by atoms with Crippen LogP contribution in [0.2, 0.25) is 0 Å². The number of benzene rings is 1. The van der Waals surface area contributed by atoms with Gasteiger partial charge in [-0.3, -0.25) is 14.7 Å². The summed E-state index contributed by atoms with van der Waals surface area (Å²) in [4.78, 5) is 35.1. The molecule has 0 saturated heterocycles. The molecule has 242 valence electrons. The monoisotopic (exact) mass is 639 g/mol. The summed E-state index contributed by atoms with van der Waals surface area (Å²) in [6.45, 7) is 14.4. The first kappa shape index (κ1) is 34.0.